The molecule has 11 heteroatoms. The molecule has 3 aliphatic carbocycles. The van der Waals surface area contributed by atoms with E-state index in [4.69, 9.17) is 10.5 Å². The molecule has 0 radical (unpaired) electrons. The van der Waals surface area contributed by atoms with E-state index in [2.05, 4.69) is 0 Å². The minimum atomic E-state index is -2.67. The van der Waals surface area contributed by atoms with Crippen LogP contribution in [0.25, 0.3) is 5.76 Å². The summed E-state index contributed by atoms with van der Waals surface area (Å²) in [4.78, 5) is 52.0. The van der Waals surface area contributed by atoms with Gasteiger partial charge in [0.05, 0.1) is 12.7 Å². The van der Waals surface area contributed by atoms with Crippen molar-refractivity contribution in [2.24, 2.45) is 17.1 Å². The lowest BCUT2D eigenvalue weighted by molar-refractivity contribution is -0.150. The van der Waals surface area contributed by atoms with Gasteiger partial charge in [-0.3, -0.25) is 14.4 Å². The molecule has 0 heterocycles. The number of aliphatic hydroxyl groups is 3. The van der Waals surface area contributed by atoms with E-state index < -0.39 is 69.6 Å². The first-order valence-electron chi connectivity index (χ1n) is 10.8. The first-order chi connectivity index (χ1) is 16.2. The van der Waals surface area contributed by atoms with Gasteiger partial charge in [0.25, 0.3) is 5.91 Å². The molecule has 0 aromatic heterocycles. The van der Waals surface area contributed by atoms with Gasteiger partial charge in [-0.2, -0.15) is 0 Å². The molecule has 0 saturated heterocycles. The maximum absolute atomic E-state index is 13.7. The monoisotopic (exact) mass is 486 g/mol. The van der Waals surface area contributed by atoms with E-state index in [1.165, 1.54) is 6.07 Å². The molecule has 3 aliphatic rings. The van der Waals surface area contributed by atoms with Gasteiger partial charge in [0.1, 0.15) is 28.4 Å². The number of ether oxygens (including phenoxy) is 1. The Morgan fingerprint density at radius 2 is 1.83 bits per heavy atom. The summed E-state index contributed by atoms with van der Waals surface area (Å²) in [6.45, 7) is 1.67. The van der Waals surface area contributed by atoms with Gasteiger partial charge in [-0.25, -0.2) is 4.79 Å². The molecular weight excluding hydrogens is 460 g/mol. The zero-order chi connectivity index (χ0) is 26.2. The molecule has 0 unspecified atom stereocenters. The van der Waals surface area contributed by atoms with Crippen LogP contribution in [0.15, 0.2) is 23.0 Å². The number of hydrogen-bond acceptors (Lipinski definition) is 10. The second-order valence-corrected chi connectivity index (χ2v) is 9.70. The molecule has 0 bridgehead atoms. The van der Waals surface area contributed by atoms with Gasteiger partial charge in [0, 0.05) is 43.1 Å². The fraction of sp³-hybridized carbons (Fsp3) is 0.417. The molecule has 0 aliphatic heterocycles. The number of esters is 1. The Kier molecular flexibility index (Phi) is 5.25. The van der Waals surface area contributed by atoms with E-state index in [-0.39, 0.29) is 29.5 Å². The lowest BCUT2D eigenvalue weighted by atomic mass is 9.53. The third kappa shape index (κ3) is 3.07. The van der Waals surface area contributed by atoms with Crippen LogP contribution in [-0.2, 0) is 25.5 Å². The van der Waals surface area contributed by atoms with Crippen LogP contribution in [0, 0.1) is 11.3 Å². The SMILES string of the molecule is COC(=O)c1cc(N(C)C)c2c(c1O)C(O)=C1C(=O)[C@]3(O)C(O)=C(C(N)=O)C(=O)C[C@@H]3C[C@]1(C)C2. The molecule has 1 aromatic rings. The lowest BCUT2D eigenvalue weighted by Crippen LogP contribution is -2.60. The highest BCUT2D eigenvalue weighted by Crippen LogP contribution is 2.58. The fourth-order valence-corrected chi connectivity index (χ4v) is 5.73. The molecule has 1 saturated carbocycles. The number of carbonyl (C=O) groups excluding carboxylic acids is 4. The van der Waals surface area contributed by atoms with Crippen molar-refractivity contribution in [1.29, 1.82) is 0 Å². The Labute approximate surface area is 200 Å². The largest absolute Gasteiger partial charge is 0.508 e. The summed E-state index contributed by atoms with van der Waals surface area (Å²) in [7, 11) is 4.53. The number of fused-ring (bicyclic) bond motifs is 3. The Bertz CT molecular complexity index is 1290. The van der Waals surface area contributed by atoms with Gasteiger partial charge in [-0.1, -0.05) is 6.92 Å². The Balaban J connectivity index is 2.04. The predicted molar refractivity (Wildman–Crippen MR) is 122 cm³/mol. The van der Waals surface area contributed by atoms with E-state index in [0.29, 0.717) is 11.3 Å². The van der Waals surface area contributed by atoms with Crippen LogP contribution in [0.3, 0.4) is 0 Å². The van der Waals surface area contributed by atoms with Crippen molar-refractivity contribution >= 4 is 34.9 Å². The summed E-state index contributed by atoms with van der Waals surface area (Å²) in [6.07, 6.45) is -0.319. The van der Waals surface area contributed by atoms with E-state index in [1.807, 2.05) is 0 Å². The average Bonchev–Trinajstić information content (AvgIpc) is 2.75. The van der Waals surface area contributed by atoms with Gasteiger partial charge >= 0.3 is 5.97 Å². The highest BCUT2D eigenvalue weighted by Gasteiger charge is 2.63. The zero-order valence-corrected chi connectivity index (χ0v) is 19.6. The smallest absolute Gasteiger partial charge is 0.341 e. The molecule has 35 heavy (non-hydrogen) atoms. The summed E-state index contributed by atoms with van der Waals surface area (Å²) in [5, 5.41) is 44.3. The Morgan fingerprint density at radius 3 is 2.37 bits per heavy atom. The number of phenolic OH excluding ortho intramolecular Hbond substituents is 1. The summed E-state index contributed by atoms with van der Waals surface area (Å²) >= 11 is 0. The molecule has 0 spiro atoms. The highest BCUT2D eigenvalue weighted by atomic mass is 16.5. The molecule has 1 amide bonds. The van der Waals surface area contributed by atoms with Crippen molar-refractivity contribution in [2.45, 2.75) is 31.8 Å². The number of rotatable bonds is 3. The van der Waals surface area contributed by atoms with Crippen LogP contribution in [0.2, 0.25) is 0 Å². The number of primary amides is 1. The number of Topliss-reactive ketones (excluding diaryl/α,β-unsaturated/α-hetero) is 2. The van der Waals surface area contributed by atoms with Gasteiger partial charge in [-0.05, 0) is 24.5 Å². The molecule has 3 atom stereocenters. The molecule has 4 rings (SSSR count). The minimum absolute atomic E-state index is 0.0116. The number of methoxy groups -OCH3 is 1. The van der Waals surface area contributed by atoms with Crippen LogP contribution in [0.5, 0.6) is 5.75 Å². The summed E-state index contributed by atoms with van der Waals surface area (Å²) < 4.78 is 4.73. The number of amides is 1. The third-order valence-corrected chi connectivity index (χ3v) is 7.33. The minimum Gasteiger partial charge on any atom is -0.508 e. The molecule has 1 fully saturated rings. The van der Waals surface area contributed by atoms with Crippen molar-refractivity contribution in [2.75, 3.05) is 26.1 Å². The number of nitrogens with zero attached hydrogens (tertiary/aromatic N) is 1. The van der Waals surface area contributed by atoms with E-state index in [9.17, 15) is 39.6 Å². The maximum atomic E-state index is 13.7. The number of aromatic hydroxyl groups is 1. The van der Waals surface area contributed by atoms with E-state index >= 15 is 0 Å². The van der Waals surface area contributed by atoms with Crippen molar-refractivity contribution in [3.63, 3.8) is 0 Å². The summed E-state index contributed by atoms with van der Waals surface area (Å²) in [5.41, 5.74) is 0.779. The van der Waals surface area contributed by atoms with Crippen molar-refractivity contribution in [3.8, 4) is 5.75 Å². The topological polar surface area (TPSA) is 188 Å². The predicted octanol–water partition coefficient (Wildman–Crippen LogP) is 0.667. The Morgan fingerprint density at radius 1 is 1.20 bits per heavy atom. The van der Waals surface area contributed by atoms with Crippen molar-refractivity contribution in [3.05, 3.63) is 39.7 Å². The first-order valence-corrected chi connectivity index (χ1v) is 10.8. The molecule has 11 nitrogen and oxygen atoms in total. The van der Waals surface area contributed by atoms with Gasteiger partial charge in [0.2, 0.25) is 5.78 Å². The van der Waals surface area contributed by atoms with E-state index in [0.717, 1.165) is 7.11 Å². The molecule has 6 N–H and O–H groups in total. The number of carbonyl (C=O) groups is 4. The summed E-state index contributed by atoms with van der Waals surface area (Å²) in [6, 6.07) is 1.42. The van der Waals surface area contributed by atoms with Crippen molar-refractivity contribution < 1.29 is 44.3 Å². The second kappa shape index (κ2) is 7.57. The quantitative estimate of drug-likeness (QED) is 0.300. The van der Waals surface area contributed by atoms with Crippen LogP contribution in [0.1, 0.15) is 41.3 Å². The first kappa shape index (κ1) is 24.3. The van der Waals surface area contributed by atoms with Gasteiger partial charge in [-0.15, -0.1) is 0 Å². The van der Waals surface area contributed by atoms with Crippen LogP contribution >= 0.6 is 0 Å². The number of ketones is 2. The van der Waals surface area contributed by atoms with Crippen LogP contribution in [-0.4, -0.2) is 70.7 Å². The van der Waals surface area contributed by atoms with E-state index in [1.54, 1.807) is 25.9 Å². The zero-order valence-electron chi connectivity index (χ0n) is 19.6. The number of anilines is 1. The average molecular weight is 486 g/mol. The number of nitrogens with two attached hydrogens (primary N) is 1. The highest BCUT2D eigenvalue weighted by molar-refractivity contribution is 6.23. The number of benzene rings is 1. The molecular formula is C24H26N2O9. The van der Waals surface area contributed by atoms with Crippen LogP contribution < -0.4 is 10.6 Å². The van der Waals surface area contributed by atoms with Gasteiger partial charge in [0.15, 0.2) is 11.4 Å². The fourth-order valence-electron chi connectivity index (χ4n) is 5.73. The standard InChI is InChI=1S/C24H26N2O9/c1-23-7-9-5-13(27)15(21(25)32)19(30)24(9,34)20(31)16(23)18(29)14-11(8-23)12(26(2)3)6-10(17(14)28)22(33)35-4/h6,9,28-30,34H,5,7-8H2,1-4H3,(H2,25,32)/t9-,23-,24-/m1/s1. The third-order valence-electron chi connectivity index (χ3n) is 7.33. The maximum Gasteiger partial charge on any atom is 0.341 e. The molecule has 186 valence electrons. The molecule has 1 aromatic carbocycles. The number of phenols is 1. The normalized spacial score (nSPS) is 27.7. The van der Waals surface area contributed by atoms with Gasteiger partial charge < -0.3 is 35.8 Å². The van der Waals surface area contributed by atoms with Crippen molar-refractivity contribution in [1.82, 2.24) is 0 Å². The summed E-state index contributed by atoms with van der Waals surface area (Å²) in [5.74, 6) is -7.58. The lowest BCUT2D eigenvalue weighted by Gasteiger charge is -2.51. The van der Waals surface area contributed by atoms with Crippen LogP contribution in [0.4, 0.5) is 5.69 Å². The second-order valence-electron chi connectivity index (χ2n) is 9.70. The number of hydrogen-bond donors (Lipinski definition) is 5. The number of aliphatic hydroxyl groups excluding tert-OH is 2. The Hall–Kier alpha value is -3.86.